The van der Waals surface area contributed by atoms with E-state index in [0.717, 1.165) is 32.1 Å². The van der Waals surface area contributed by atoms with E-state index in [-0.39, 0.29) is 12.1 Å². The lowest BCUT2D eigenvalue weighted by atomic mass is 10.2. The Morgan fingerprint density at radius 1 is 1.35 bits per heavy atom. The molecule has 1 rings (SSSR count). The van der Waals surface area contributed by atoms with Crippen LogP contribution in [0.2, 0.25) is 0 Å². The lowest BCUT2D eigenvalue weighted by Crippen LogP contribution is -2.41. The number of hydrogen-bond donors (Lipinski definition) is 2. The van der Waals surface area contributed by atoms with Gasteiger partial charge in [-0.1, -0.05) is 0 Å². The average Bonchev–Trinajstić information content (AvgIpc) is 3.13. The molecule has 1 aliphatic carbocycles. The van der Waals surface area contributed by atoms with Crippen LogP contribution < -0.4 is 10.6 Å². The quantitative estimate of drug-likeness (QED) is 0.639. The maximum Gasteiger partial charge on any atom is 0.407 e. The highest BCUT2D eigenvalue weighted by molar-refractivity contribution is 5.67. The first kappa shape index (κ1) is 17.2. The Bertz CT molecular complexity index is 285. The minimum atomic E-state index is -0.445. The molecule has 0 aliphatic heterocycles. The molecule has 5 heteroatoms. The molecule has 1 unspecified atom stereocenters. The van der Waals surface area contributed by atoms with Gasteiger partial charge in [0.15, 0.2) is 0 Å². The fourth-order valence-corrected chi connectivity index (χ4v) is 1.68. The van der Waals surface area contributed by atoms with Gasteiger partial charge in [-0.15, -0.1) is 0 Å². The van der Waals surface area contributed by atoms with E-state index in [9.17, 15) is 4.79 Å². The molecule has 20 heavy (non-hydrogen) atoms. The van der Waals surface area contributed by atoms with E-state index in [0.29, 0.717) is 6.54 Å². The van der Waals surface area contributed by atoms with Gasteiger partial charge in [-0.05, 0) is 59.4 Å². The number of ether oxygens (including phenoxy) is 2. The molecule has 0 aromatic rings. The number of amides is 1. The first-order chi connectivity index (χ1) is 9.37. The second-order valence-corrected chi connectivity index (χ2v) is 6.61. The largest absolute Gasteiger partial charge is 0.444 e. The molecular weight excluding hydrogens is 256 g/mol. The second-order valence-electron chi connectivity index (χ2n) is 6.61. The molecule has 2 N–H and O–H groups in total. The van der Waals surface area contributed by atoms with E-state index in [2.05, 4.69) is 10.6 Å². The van der Waals surface area contributed by atoms with E-state index >= 15 is 0 Å². The summed E-state index contributed by atoms with van der Waals surface area (Å²) in [4.78, 5) is 11.5. The fraction of sp³-hybridized carbons (Fsp3) is 0.933. The predicted molar refractivity (Wildman–Crippen MR) is 79.9 cm³/mol. The van der Waals surface area contributed by atoms with Crippen LogP contribution in [0.3, 0.4) is 0 Å². The molecule has 0 aromatic carbocycles. The summed E-state index contributed by atoms with van der Waals surface area (Å²) in [6.45, 7) is 10.8. The molecule has 0 aromatic heterocycles. The van der Waals surface area contributed by atoms with Crippen LogP contribution in [0.15, 0.2) is 0 Å². The summed E-state index contributed by atoms with van der Waals surface area (Å²) in [7, 11) is 0. The maximum absolute atomic E-state index is 11.5. The number of nitrogens with one attached hydrogen (secondary N) is 2. The zero-order chi connectivity index (χ0) is 15.0. The molecule has 1 atom stereocenters. The lowest BCUT2D eigenvalue weighted by Gasteiger charge is -2.21. The van der Waals surface area contributed by atoms with Crippen molar-refractivity contribution in [2.75, 3.05) is 26.3 Å². The molecule has 0 radical (unpaired) electrons. The highest BCUT2D eigenvalue weighted by Gasteiger charge is 2.20. The van der Waals surface area contributed by atoms with Gasteiger partial charge in [0, 0.05) is 25.8 Å². The maximum atomic E-state index is 11.5. The number of carbonyl (C=O) groups excluding carboxylic acids is 1. The van der Waals surface area contributed by atoms with Crippen molar-refractivity contribution < 1.29 is 14.3 Å². The van der Waals surface area contributed by atoms with Crippen LogP contribution in [0.1, 0.15) is 47.0 Å². The van der Waals surface area contributed by atoms with Gasteiger partial charge in [0.1, 0.15) is 5.60 Å². The van der Waals surface area contributed by atoms with E-state index in [1.807, 2.05) is 27.7 Å². The Morgan fingerprint density at radius 3 is 2.65 bits per heavy atom. The Balaban J connectivity index is 1.91. The average molecular weight is 286 g/mol. The van der Waals surface area contributed by atoms with Gasteiger partial charge in [-0.2, -0.15) is 0 Å². The molecule has 1 saturated carbocycles. The third-order valence-corrected chi connectivity index (χ3v) is 2.96. The third kappa shape index (κ3) is 10.0. The smallest absolute Gasteiger partial charge is 0.407 e. The predicted octanol–water partition coefficient (Wildman–Crippen LogP) is 2.31. The molecule has 5 nitrogen and oxygen atoms in total. The molecule has 0 heterocycles. The van der Waals surface area contributed by atoms with Crippen molar-refractivity contribution in [3.05, 3.63) is 0 Å². The Hall–Kier alpha value is -0.810. The van der Waals surface area contributed by atoms with Crippen molar-refractivity contribution in [1.82, 2.24) is 10.6 Å². The minimum absolute atomic E-state index is 0.228. The highest BCUT2D eigenvalue weighted by Crippen LogP contribution is 2.28. The molecule has 118 valence electrons. The SMILES string of the molecule is CC(CNC(=O)OC(C)(C)C)NCCCOCC1CC1. The standard InChI is InChI=1S/C15H30N2O3/c1-12(10-17-14(18)20-15(2,3)4)16-8-5-9-19-11-13-6-7-13/h12-13,16H,5-11H2,1-4H3,(H,17,18). The molecular formula is C15H30N2O3. The Morgan fingerprint density at radius 2 is 2.05 bits per heavy atom. The molecule has 1 fully saturated rings. The van der Waals surface area contributed by atoms with Crippen molar-refractivity contribution in [3.63, 3.8) is 0 Å². The fourth-order valence-electron chi connectivity index (χ4n) is 1.68. The molecule has 1 aliphatic rings. The zero-order valence-electron chi connectivity index (χ0n) is 13.3. The van der Waals surface area contributed by atoms with Crippen LogP contribution in [0.25, 0.3) is 0 Å². The third-order valence-electron chi connectivity index (χ3n) is 2.96. The molecule has 1 amide bonds. The van der Waals surface area contributed by atoms with Crippen molar-refractivity contribution in [2.45, 2.75) is 58.6 Å². The first-order valence-electron chi connectivity index (χ1n) is 7.65. The Labute approximate surface area is 122 Å². The van der Waals surface area contributed by atoms with Crippen LogP contribution in [0, 0.1) is 5.92 Å². The lowest BCUT2D eigenvalue weighted by molar-refractivity contribution is 0.0523. The van der Waals surface area contributed by atoms with Crippen LogP contribution in [0.5, 0.6) is 0 Å². The summed E-state index contributed by atoms with van der Waals surface area (Å²) < 4.78 is 10.7. The summed E-state index contributed by atoms with van der Waals surface area (Å²) in [6.07, 6.45) is 3.32. The van der Waals surface area contributed by atoms with Crippen LogP contribution >= 0.6 is 0 Å². The van der Waals surface area contributed by atoms with Crippen LogP contribution in [-0.4, -0.2) is 44.0 Å². The molecule has 0 bridgehead atoms. The summed E-state index contributed by atoms with van der Waals surface area (Å²) in [5.74, 6) is 0.833. The van der Waals surface area contributed by atoms with Gasteiger partial charge >= 0.3 is 6.09 Å². The zero-order valence-corrected chi connectivity index (χ0v) is 13.3. The van der Waals surface area contributed by atoms with Crippen molar-refractivity contribution >= 4 is 6.09 Å². The van der Waals surface area contributed by atoms with E-state index in [1.54, 1.807) is 0 Å². The van der Waals surface area contributed by atoms with Gasteiger partial charge in [0.2, 0.25) is 0 Å². The van der Waals surface area contributed by atoms with Gasteiger partial charge < -0.3 is 20.1 Å². The van der Waals surface area contributed by atoms with Crippen molar-refractivity contribution in [3.8, 4) is 0 Å². The summed E-state index contributed by atoms with van der Waals surface area (Å²) in [6, 6.07) is 0.228. The van der Waals surface area contributed by atoms with E-state index < -0.39 is 5.60 Å². The molecule has 0 saturated heterocycles. The van der Waals surface area contributed by atoms with Crippen LogP contribution in [0.4, 0.5) is 4.79 Å². The van der Waals surface area contributed by atoms with Gasteiger partial charge in [-0.25, -0.2) is 4.79 Å². The number of carbonyl (C=O) groups is 1. The Kier molecular flexibility index (Phi) is 7.30. The number of rotatable bonds is 9. The summed E-state index contributed by atoms with van der Waals surface area (Å²) in [5, 5.41) is 6.11. The summed E-state index contributed by atoms with van der Waals surface area (Å²) >= 11 is 0. The van der Waals surface area contributed by atoms with Gasteiger partial charge in [0.25, 0.3) is 0 Å². The van der Waals surface area contributed by atoms with Gasteiger partial charge in [-0.3, -0.25) is 0 Å². The molecule has 0 spiro atoms. The van der Waals surface area contributed by atoms with Gasteiger partial charge in [0.05, 0.1) is 0 Å². The normalized spacial score (nSPS) is 16.8. The minimum Gasteiger partial charge on any atom is -0.444 e. The van der Waals surface area contributed by atoms with Crippen LogP contribution in [-0.2, 0) is 9.47 Å². The highest BCUT2D eigenvalue weighted by atomic mass is 16.6. The topological polar surface area (TPSA) is 59.6 Å². The first-order valence-corrected chi connectivity index (χ1v) is 7.65. The number of alkyl carbamates (subject to hydrolysis) is 1. The number of hydrogen-bond acceptors (Lipinski definition) is 4. The van der Waals surface area contributed by atoms with E-state index in [1.165, 1.54) is 12.8 Å². The van der Waals surface area contributed by atoms with Crippen molar-refractivity contribution in [1.29, 1.82) is 0 Å². The van der Waals surface area contributed by atoms with E-state index in [4.69, 9.17) is 9.47 Å². The van der Waals surface area contributed by atoms with Crippen molar-refractivity contribution in [2.24, 2.45) is 5.92 Å². The summed E-state index contributed by atoms with van der Waals surface area (Å²) in [5.41, 5.74) is -0.445. The second kappa shape index (κ2) is 8.47. The monoisotopic (exact) mass is 286 g/mol.